The van der Waals surface area contributed by atoms with Crippen molar-refractivity contribution in [3.63, 3.8) is 0 Å². The Morgan fingerprint density at radius 2 is 1.65 bits per heavy atom. The second kappa shape index (κ2) is 6.46. The first-order valence-electron chi connectivity index (χ1n) is 8.84. The molecule has 1 saturated heterocycles. The van der Waals surface area contributed by atoms with Crippen molar-refractivity contribution in [3.8, 4) is 0 Å². The maximum Gasteiger partial charge on any atom is 0.0963 e. The quantitative estimate of drug-likeness (QED) is 0.841. The summed E-state index contributed by atoms with van der Waals surface area (Å²) in [7, 11) is 0. The zero-order chi connectivity index (χ0) is 15.5. The summed E-state index contributed by atoms with van der Waals surface area (Å²) in [5.74, 6) is 0. The molecule has 2 nitrogen and oxygen atoms in total. The number of hydrogen-bond acceptors (Lipinski definition) is 2. The molecule has 0 radical (unpaired) electrons. The Morgan fingerprint density at radius 3 is 2.48 bits per heavy atom. The molecule has 2 aliphatic heterocycles. The number of fused-ring (bicyclic) bond motifs is 2. The fraction of sp³-hybridized carbons (Fsp3) is 0.429. The molecular formula is C21H25NO. The van der Waals surface area contributed by atoms with Crippen LogP contribution in [-0.4, -0.2) is 24.5 Å². The summed E-state index contributed by atoms with van der Waals surface area (Å²) >= 11 is 0. The first kappa shape index (κ1) is 14.9. The standard InChI is InChI=1S/C21H25NO/c1-2-7-18(8-3-1)9-6-14-22-15-12-21(13-16-22)20-11-5-4-10-19(20)17-23-21/h1-5,7-8,10-11H,6,9,12-17H2. The maximum absolute atomic E-state index is 6.25. The molecule has 0 atom stereocenters. The van der Waals surface area contributed by atoms with E-state index >= 15 is 0 Å². The van der Waals surface area contributed by atoms with Crippen molar-refractivity contribution in [1.82, 2.24) is 4.90 Å². The van der Waals surface area contributed by atoms with Crippen LogP contribution in [0.2, 0.25) is 0 Å². The van der Waals surface area contributed by atoms with E-state index in [1.165, 1.54) is 36.1 Å². The summed E-state index contributed by atoms with van der Waals surface area (Å²) in [5.41, 5.74) is 4.30. The third-order valence-corrected chi connectivity index (χ3v) is 5.46. The molecule has 0 bridgehead atoms. The summed E-state index contributed by atoms with van der Waals surface area (Å²) in [6, 6.07) is 19.6. The Kier molecular flexibility index (Phi) is 4.19. The first-order valence-corrected chi connectivity index (χ1v) is 8.84. The predicted molar refractivity (Wildman–Crippen MR) is 93.3 cm³/mol. The lowest BCUT2D eigenvalue weighted by molar-refractivity contribution is -0.0788. The van der Waals surface area contributed by atoms with Crippen molar-refractivity contribution < 1.29 is 4.74 Å². The fourth-order valence-corrected chi connectivity index (χ4v) is 4.09. The molecule has 0 N–H and O–H groups in total. The molecule has 0 unspecified atom stereocenters. The Morgan fingerprint density at radius 1 is 0.913 bits per heavy atom. The van der Waals surface area contributed by atoms with Gasteiger partial charge in [-0.25, -0.2) is 0 Å². The minimum Gasteiger partial charge on any atom is -0.365 e. The summed E-state index contributed by atoms with van der Waals surface area (Å²) < 4.78 is 6.25. The molecule has 120 valence electrons. The van der Waals surface area contributed by atoms with E-state index in [0.29, 0.717) is 0 Å². The van der Waals surface area contributed by atoms with E-state index in [1.54, 1.807) is 0 Å². The van der Waals surface area contributed by atoms with Gasteiger partial charge < -0.3 is 9.64 Å². The van der Waals surface area contributed by atoms with Gasteiger partial charge in [0.2, 0.25) is 0 Å². The molecule has 2 aliphatic rings. The number of likely N-dealkylation sites (tertiary alicyclic amines) is 1. The number of hydrogen-bond donors (Lipinski definition) is 0. The number of aryl methyl sites for hydroxylation is 1. The third kappa shape index (κ3) is 3.06. The molecule has 23 heavy (non-hydrogen) atoms. The average Bonchev–Trinajstić information content (AvgIpc) is 2.97. The molecule has 4 rings (SSSR count). The fourth-order valence-electron chi connectivity index (χ4n) is 4.09. The lowest BCUT2D eigenvalue weighted by atomic mass is 9.84. The van der Waals surface area contributed by atoms with Gasteiger partial charge in [-0.05, 0) is 48.9 Å². The number of nitrogens with zero attached hydrogens (tertiary/aromatic N) is 1. The van der Waals surface area contributed by atoms with Gasteiger partial charge in [-0.15, -0.1) is 0 Å². The number of piperidine rings is 1. The van der Waals surface area contributed by atoms with Crippen LogP contribution in [0.15, 0.2) is 54.6 Å². The highest BCUT2D eigenvalue weighted by Gasteiger charge is 2.42. The average molecular weight is 307 g/mol. The van der Waals surface area contributed by atoms with Crippen LogP contribution < -0.4 is 0 Å². The van der Waals surface area contributed by atoms with E-state index in [1.807, 2.05) is 0 Å². The summed E-state index contributed by atoms with van der Waals surface area (Å²) in [6.07, 6.45) is 4.70. The Labute approximate surface area is 139 Å². The topological polar surface area (TPSA) is 12.5 Å². The molecule has 1 fully saturated rings. The van der Waals surface area contributed by atoms with Crippen LogP contribution in [0.4, 0.5) is 0 Å². The molecule has 0 saturated carbocycles. The van der Waals surface area contributed by atoms with Crippen molar-refractivity contribution in [2.24, 2.45) is 0 Å². The van der Waals surface area contributed by atoms with Crippen LogP contribution in [0, 0.1) is 0 Å². The summed E-state index contributed by atoms with van der Waals surface area (Å²) in [6.45, 7) is 4.31. The Balaban J connectivity index is 1.30. The van der Waals surface area contributed by atoms with E-state index in [0.717, 1.165) is 32.5 Å². The van der Waals surface area contributed by atoms with Gasteiger partial charge in [-0.3, -0.25) is 0 Å². The lowest BCUT2D eigenvalue weighted by Gasteiger charge is -2.39. The molecule has 0 amide bonds. The van der Waals surface area contributed by atoms with Crippen molar-refractivity contribution >= 4 is 0 Å². The van der Waals surface area contributed by atoms with Crippen LogP contribution in [-0.2, 0) is 23.4 Å². The van der Waals surface area contributed by atoms with Gasteiger partial charge in [-0.2, -0.15) is 0 Å². The van der Waals surface area contributed by atoms with Gasteiger partial charge >= 0.3 is 0 Å². The van der Waals surface area contributed by atoms with Crippen molar-refractivity contribution in [3.05, 3.63) is 71.3 Å². The molecule has 0 aliphatic carbocycles. The van der Waals surface area contributed by atoms with Crippen LogP contribution in [0.3, 0.4) is 0 Å². The molecule has 2 aromatic rings. The SMILES string of the molecule is c1ccc(CCCN2CCC3(CC2)OCc2ccccc23)cc1. The van der Waals surface area contributed by atoms with Gasteiger partial charge in [0.05, 0.1) is 12.2 Å². The van der Waals surface area contributed by atoms with Crippen molar-refractivity contribution in [2.75, 3.05) is 19.6 Å². The van der Waals surface area contributed by atoms with E-state index in [9.17, 15) is 0 Å². The van der Waals surface area contributed by atoms with Crippen LogP contribution in [0.1, 0.15) is 36.0 Å². The van der Waals surface area contributed by atoms with E-state index in [4.69, 9.17) is 4.74 Å². The second-order valence-electron chi connectivity index (χ2n) is 6.87. The lowest BCUT2D eigenvalue weighted by Crippen LogP contribution is -2.42. The highest BCUT2D eigenvalue weighted by atomic mass is 16.5. The van der Waals surface area contributed by atoms with Gasteiger partial charge in [0, 0.05) is 13.1 Å². The minimum absolute atomic E-state index is 0.00647. The van der Waals surface area contributed by atoms with Crippen LogP contribution in [0.5, 0.6) is 0 Å². The molecule has 0 aromatic heterocycles. The monoisotopic (exact) mass is 307 g/mol. The highest BCUT2D eigenvalue weighted by molar-refractivity contribution is 5.35. The first-order chi connectivity index (χ1) is 11.4. The number of rotatable bonds is 4. The van der Waals surface area contributed by atoms with E-state index in [-0.39, 0.29) is 5.60 Å². The maximum atomic E-state index is 6.25. The Hall–Kier alpha value is -1.64. The molecule has 1 spiro atoms. The normalized spacial score (nSPS) is 19.8. The van der Waals surface area contributed by atoms with Crippen molar-refractivity contribution in [2.45, 2.75) is 37.9 Å². The zero-order valence-corrected chi connectivity index (χ0v) is 13.7. The largest absolute Gasteiger partial charge is 0.365 e. The van der Waals surface area contributed by atoms with Crippen molar-refractivity contribution in [1.29, 1.82) is 0 Å². The number of ether oxygens (including phenoxy) is 1. The summed E-state index contributed by atoms with van der Waals surface area (Å²) in [4.78, 5) is 2.61. The predicted octanol–water partition coefficient (Wildman–Crippen LogP) is 4.14. The molecule has 2 heterocycles. The van der Waals surface area contributed by atoms with Gasteiger partial charge in [0.25, 0.3) is 0 Å². The third-order valence-electron chi connectivity index (χ3n) is 5.46. The summed E-state index contributed by atoms with van der Waals surface area (Å²) in [5, 5.41) is 0. The smallest absolute Gasteiger partial charge is 0.0963 e. The zero-order valence-electron chi connectivity index (χ0n) is 13.7. The highest BCUT2D eigenvalue weighted by Crippen LogP contribution is 2.43. The Bertz CT molecular complexity index is 644. The van der Waals surface area contributed by atoms with Gasteiger partial charge in [0.1, 0.15) is 0 Å². The minimum atomic E-state index is 0.00647. The van der Waals surface area contributed by atoms with Gasteiger partial charge in [-0.1, -0.05) is 54.6 Å². The number of benzene rings is 2. The second-order valence-corrected chi connectivity index (χ2v) is 6.87. The van der Waals surface area contributed by atoms with E-state index in [2.05, 4.69) is 59.5 Å². The molecule has 2 heteroatoms. The molecular weight excluding hydrogens is 282 g/mol. The molecule has 2 aromatic carbocycles. The van der Waals surface area contributed by atoms with Gasteiger partial charge in [0.15, 0.2) is 0 Å². The van der Waals surface area contributed by atoms with Crippen LogP contribution in [0.25, 0.3) is 0 Å². The van der Waals surface area contributed by atoms with Crippen LogP contribution >= 0.6 is 0 Å². The van der Waals surface area contributed by atoms with E-state index < -0.39 is 0 Å².